The van der Waals surface area contributed by atoms with Crippen molar-refractivity contribution >= 4 is 10.8 Å². The molecule has 1 aromatic carbocycles. The molecule has 19 heavy (non-hydrogen) atoms. The van der Waals surface area contributed by atoms with E-state index in [1.54, 1.807) is 0 Å². The summed E-state index contributed by atoms with van der Waals surface area (Å²) >= 11 is 0. The summed E-state index contributed by atoms with van der Waals surface area (Å²) in [5.74, 6) is 1.08. The predicted octanol–water partition coefficient (Wildman–Crippen LogP) is 2.88. The lowest BCUT2D eigenvalue weighted by molar-refractivity contribution is -0.137. The Bertz CT molecular complexity index is 458. The second-order valence-corrected chi connectivity index (χ2v) is 6.26. The van der Waals surface area contributed by atoms with Gasteiger partial charge in [-0.05, 0) is 24.1 Å². The molecule has 0 amide bonds. The second kappa shape index (κ2) is 5.63. The fourth-order valence-electron chi connectivity index (χ4n) is 2.19. The lowest BCUT2D eigenvalue weighted by Gasteiger charge is -2.30. The second-order valence-electron chi connectivity index (χ2n) is 4.72. The van der Waals surface area contributed by atoms with Gasteiger partial charge in [0, 0.05) is 34.4 Å². The molecule has 0 aliphatic carbocycles. The monoisotopic (exact) mass is 291 g/mol. The molecular weight excluding hydrogens is 275 g/mol. The molecule has 106 valence electrons. The maximum Gasteiger partial charge on any atom is 0.416 e. The molecule has 1 aliphatic heterocycles. The van der Waals surface area contributed by atoms with Crippen molar-refractivity contribution < 1.29 is 17.4 Å². The number of rotatable bonds is 2. The third-order valence-corrected chi connectivity index (χ3v) is 4.79. The van der Waals surface area contributed by atoms with Gasteiger partial charge in [0.15, 0.2) is 0 Å². The highest BCUT2D eigenvalue weighted by atomic mass is 32.2. The van der Waals surface area contributed by atoms with Crippen LogP contribution in [-0.4, -0.2) is 21.8 Å². The number of hydrogen-bond donors (Lipinski definition) is 1. The summed E-state index contributed by atoms with van der Waals surface area (Å²) in [4.78, 5) is 0. The molecule has 1 aromatic rings. The van der Waals surface area contributed by atoms with E-state index in [-0.39, 0.29) is 12.1 Å². The molecule has 1 N–H and O–H groups in total. The summed E-state index contributed by atoms with van der Waals surface area (Å²) in [5.41, 5.74) is 0.111. The van der Waals surface area contributed by atoms with Gasteiger partial charge in [-0.15, -0.1) is 0 Å². The zero-order valence-corrected chi connectivity index (χ0v) is 11.4. The molecule has 1 fully saturated rings. The van der Waals surface area contributed by atoms with Crippen molar-refractivity contribution in [3.63, 3.8) is 0 Å². The number of alkyl halides is 3. The Morgan fingerprint density at radius 2 is 1.89 bits per heavy atom. The van der Waals surface area contributed by atoms with E-state index in [1.807, 2.05) is 6.92 Å². The molecule has 0 radical (unpaired) electrons. The Labute approximate surface area is 112 Å². The molecule has 1 heterocycles. The Balaban J connectivity index is 2.15. The minimum atomic E-state index is -4.31. The van der Waals surface area contributed by atoms with Gasteiger partial charge in [-0.1, -0.05) is 19.1 Å². The van der Waals surface area contributed by atoms with Crippen molar-refractivity contribution in [3.8, 4) is 0 Å². The topological polar surface area (TPSA) is 29.1 Å². The van der Waals surface area contributed by atoms with Gasteiger partial charge in [0.05, 0.1) is 5.56 Å². The van der Waals surface area contributed by atoms with Crippen LogP contribution in [0.3, 0.4) is 0 Å². The molecular formula is C13H16F3NOS. The van der Waals surface area contributed by atoms with Crippen LogP contribution in [0, 0.1) is 0 Å². The third kappa shape index (κ3) is 3.57. The van der Waals surface area contributed by atoms with Crippen LogP contribution in [0.1, 0.15) is 30.5 Å². The quantitative estimate of drug-likeness (QED) is 0.908. The fraction of sp³-hybridized carbons (Fsp3) is 0.538. The van der Waals surface area contributed by atoms with E-state index in [2.05, 4.69) is 5.32 Å². The first-order valence-electron chi connectivity index (χ1n) is 6.18. The average molecular weight is 291 g/mol. The minimum absolute atomic E-state index is 0.123. The number of hydrogen-bond acceptors (Lipinski definition) is 2. The molecule has 2 nitrogen and oxygen atoms in total. The molecule has 1 saturated heterocycles. The summed E-state index contributed by atoms with van der Waals surface area (Å²) in [6.07, 6.45) is -3.45. The van der Waals surface area contributed by atoms with Gasteiger partial charge in [-0.3, -0.25) is 4.21 Å². The molecule has 3 atom stereocenters. The van der Waals surface area contributed by atoms with Crippen LogP contribution in [0.5, 0.6) is 0 Å². The highest BCUT2D eigenvalue weighted by Gasteiger charge is 2.31. The van der Waals surface area contributed by atoms with Crippen molar-refractivity contribution in [2.75, 3.05) is 11.5 Å². The van der Waals surface area contributed by atoms with E-state index in [1.165, 1.54) is 12.1 Å². The molecule has 0 spiro atoms. The van der Waals surface area contributed by atoms with Crippen molar-refractivity contribution in [3.05, 3.63) is 35.4 Å². The van der Waals surface area contributed by atoms with Gasteiger partial charge < -0.3 is 5.32 Å². The van der Waals surface area contributed by atoms with Crippen LogP contribution in [0.25, 0.3) is 0 Å². The number of halogens is 3. The predicted molar refractivity (Wildman–Crippen MR) is 69.3 cm³/mol. The average Bonchev–Trinajstić information content (AvgIpc) is 2.37. The van der Waals surface area contributed by atoms with Gasteiger partial charge in [-0.25, -0.2) is 0 Å². The van der Waals surface area contributed by atoms with E-state index in [4.69, 9.17) is 0 Å². The van der Waals surface area contributed by atoms with E-state index in [0.29, 0.717) is 11.5 Å². The molecule has 6 heteroatoms. The van der Waals surface area contributed by atoms with Crippen molar-refractivity contribution in [1.82, 2.24) is 5.32 Å². The minimum Gasteiger partial charge on any atom is -0.305 e. The van der Waals surface area contributed by atoms with Gasteiger partial charge >= 0.3 is 6.18 Å². The molecule has 0 saturated carbocycles. The third-order valence-electron chi connectivity index (χ3n) is 3.31. The summed E-state index contributed by atoms with van der Waals surface area (Å²) in [7, 11) is -0.908. The van der Waals surface area contributed by atoms with Crippen LogP contribution in [0.4, 0.5) is 13.2 Å². The first-order valence-corrected chi connectivity index (χ1v) is 7.67. The largest absolute Gasteiger partial charge is 0.416 e. The van der Waals surface area contributed by atoms with Crippen LogP contribution in [0.2, 0.25) is 0 Å². The Kier molecular flexibility index (Phi) is 4.30. The van der Waals surface area contributed by atoms with Crippen molar-refractivity contribution in [2.45, 2.75) is 31.6 Å². The van der Waals surface area contributed by atoms with Crippen LogP contribution in [-0.2, 0) is 17.0 Å². The van der Waals surface area contributed by atoms with E-state index in [0.717, 1.165) is 24.1 Å². The highest BCUT2D eigenvalue weighted by Crippen LogP contribution is 2.30. The Morgan fingerprint density at radius 1 is 1.26 bits per heavy atom. The van der Waals surface area contributed by atoms with Crippen LogP contribution < -0.4 is 5.32 Å². The molecule has 0 aromatic heterocycles. The summed E-state index contributed by atoms with van der Waals surface area (Å²) in [6.45, 7) is 2.00. The normalized spacial score (nSPS) is 28.3. The molecule has 3 unspecified atom stereocenters. The smallest absolute Gasteiger partial charge is 0.305 e. The Hall–Kier alpha value is -0.880. The van der Waals surface area contributed by atoms with Gasteiger partial charge in [0.25, 0.3) is 0 Å². The number of nitrogens with one attached hydrogen (secondary N) is 1. The first-order chi connectivity index (χ1) is 8.90. The summed E-state index contributed by atoms with van der Waals surface area (Å²) in [6, 6.07) is 5.14. The maximum absolute atomic E-state index is 12.5. The zero-order valence-electron chi connectivity index (χ0n) is 10.5. The first kappa shape index (κ1) is 14.5. The van der Waals surface area contributed by atoms with Gasteiger partial charge in [-0.2, -0.15) is 13.2 Å². The van der Waals surface area contributed by atoms with E-state index in [9.17, 15) is 17.4 Å². The number of benzene rings is 1. The summed E-state index contributed by atoms with van der Waals surface area (Å²) in [5, 5.41) is 3.33. The summed E-state index contributed by atoms with van der Waals surface area (Å²) < 4.78 is 49.2. The highest BCUT2D eigenvalue weighted by molar-refractivity contribution is 7.85. The van der Waals surface area contributed by atoms with Gasteiger partial charge in [0.2, 0.25) is 0 Å². The van der Waals surface area contributed by atoms with Gasteiger partial charge in [0.1, 0.15) is 0 Å². The van der Waals surface area contributed by atoms with Crippen molar-refractivity contribution in [2.24, 2.45) is 0 Å². The standard InChI is InChI=1S/C13H16F3NOS/c1-2-11-7-19(18)8-12(17-11)9-3-5-10(6-4-9)13(14,15)16/h3-6,11-12,17H,2,7-8H2,1H3. The molecule has 1 aliphatic rings. The van der Waals surface area contributed by atoms with E-state index < -0.39 is 22.5 Å². The van der Waals surface area contributed by atoms with Crippen LogP contribution in [0.15, 0.2) is 24.3 Å². The molecule has 0 bridgehead atoms. The lowest BCUT2D eigenvalue weighted by Crippen LogP contribution is -2.44. The lowest BCUT2D eigenvalue weighted by atomic mass is 10.0. The SMILES string of the molecule is CCC1CS(=O)CC(c2ccc(C(F)(F)F)cc2)N1. The fourth-order valence-corrected chi connectivity index (χ4v) is 3.77. The van der Waals surface area contributed by atoms with E-state index >= 15 is 0 Å². The molecule has 2 rings (SSSR count). The Morgan fingerprint density at radius 3 is 2.42 bits per heavy atom. The van der Waals surface area contributed by atoms with Crippen LogP contribution >= 0.6 is 0 Å². The maximum atomic E-state index is 12.5. The zero-order chi connectivity index (χ0) is 14.0. The van der Waals surface area contributed by atoms with Crippen molar-refractivity contribution in [1.29, 1.82) is 0 Å².